The van der Waals surface area contributed by atoms with Gasteiger partial charge in [0, 0.05) is 6.92 Å². The lowest BCUT2D eigenvalue weighted by Gasteiger charge is -2.40. The van der Waals surface area contributed by atoms with Gasteiger partial charge in [0.15, 0.2) is 23.1 Å². The Hall–Kier alpha value is -3.59. The van der Waals surface area contributed by atoms with Gasteiger partial charge in [0.25, 0.3) is 5.97 Å². The number of halogens is 7. The van der Waals surface area contributed by atoms with Gasteiger partial charge in [-0.05, 0) is 286 Å². The molecule has 4 aromatic rings. The lowest BCUT2D eigenvalue weighted by atomic mass is 9.64. The van der Waals surface area contributed by atoms with Crippen molar-refractivity contribution in [1.29, 1.82) is 0 Å². The molecule has 15 heteroatoms. The average molecular weight is 1460 g/mol. The molecule has 542 valence electrons. The minimum atomic E-state index is -4.86. The SMILES string of the molecule is Br.C.C.C.C.C.CC(=O)O.CCCC1CCC2c3ccc(O)c(F)c3CCC2C1.CCCC1CCC2c3ccc(O)cc3CCC2C1.CCCC1CCC2c3ccc(OC(F)(F)F)c(F)c3CCC2C1.CCCC1CCC2c3ccc(OC)cc3CCC2C1.CCSC(=S)Cl. The number of carboxylic acid groups (broad SMARTS) is 1. The zero-order valence-corrected chi connectivity index (χ0v) is 58.9. The first-order chi connectivity index (χ1) is 42.7. The van der Waals surface area contributed by atoms with E-state index in [4.69, 9.17) is 26.2 Å². The van der Waals surface area contributed by atoms with Gasteiger partial charge >= 0.3 is 6.36 Å². The van der Waals surface area contributed by atoms with Crippen LogP contribution < -0.4 is 9.47 Å². The van der Waals surface area contributed by atoms with Gasteiger partial charge < -0.3 is 24.8 Å². The zero-order chi connectivity index (χ0) is 64.4. The molecule has 8 aliphatic carbocycles. The first kappa shape index (κ1) is 89.4. The molecule has 12 atom stereocenters. The summed E-state index contributed by atoms with van der Waals surface area (Å²) in [5.41, 5.74) is 9.44. The number of hydrogen-bond donors (Lipinski definition) is 3. The van der Waals surface area contributed by atoms with Crippen molar-refractivity contribution in [1.82, 2.24) is 0 Å². The highest BCUT2D eigenvalue weighted by Crippen LogP contribution is 2.53. The largest absolute Gasteiger partial charge is 0.573 e. The molecular weight excluding hydrogens is 1330 g/mol. The van der Waals surface area contributed by atoms with E-state index in [1.807, 2.05) is 25.1 Å². The van der Waals surface area contributed by atoms with Crippen molar-refractivity contribution in [3.05, 3.63) is 117 Å². The van der Waals surface area contributed by atoms with Gasteiger partial charge in [-0.25, -0.2) is 8.78 Å². The van der Waals surface area contributed by atoms with Crippen LogP contribution in [0.25, 0.3) is 0 Å². The second-order valence-electron chi connectivity index (χ2n) is 27.1. The fraction of sp³-hybridized carbons (Fsp3) is 0.675. The van der Waals surface area contributed by atoms with Gasteiger partial charge in [0.2, 0.25) is 0 Å². The van der Waals surface area contributed by atoms with Gasteiger partial charge in [-0.3, -0.25) is 4.79 Å². The molecule has 0 saturated heterocycles. The Bertz CT molecular complexity index is 2890. The third-order valence-electron chi connectivity index (χ3n) is 21.3. The number of hydrogen-bond acceptors (Lipinski definition) is 7. The van der Waals surface area contributed by atoms with E-state index in [-0.39, 0.29) is 65.7 Å². The van der Waals surface area contributed by atoms with E-state index in [0.29, 0.717) is 39.1 Å². The summed E-state index contributed by atoms with van der Waals surface area (Å²) in [7, 11) is 1.77. The minimum absolute atomic E-state index is 0. The van der Waals surface area contributed by atoms with Gasteiger partial charge in [-0.1, -0.05) is 171 Å². The van der Waals surface area contributed by atoms with Crippen LogP contribution in [0.5, 0.6) is 23.0 Å². The first-order valence-corrected chi connectivity index (χ1v) is 36.0. The number of fused-ring (bicyclic) bond motifs is 12. The molecule has 0 aromatic heterocycles. The number of aliphatic carboxylic acids is 1. The minimum Gasteiger partial charge on any atom is -0.508 e. The normalized spacial score (nSPS) is 25.0. The van der Waals surface area contributed by atoms with Crippen LogP contribution in [0.2, 0.25) is 0 Å². The quantitative estimate of drug-likeness (QED) is 0.0777. The fourth-order valence-corrected chi connectivity index (χ4v) is 18.5. The number of alkyl halides is 3. The van der Waals surface area contributed by atoms with Crippen LogP contribution >= 0.6 is 52.6 Å². The molecular formula is C80H125BrClF5O6S2. The molecule has 0 bridgehead atoms. The van der Waals surface area contributed by atoms with Crippen molar-refractivity contribution in [2.24, 2.45) is 47.3 Å². The molecule has 0 heterocycles. The maximum absolute atomic E-state index is 14.4. The number of aromatic hydroxyl groups is 2. The standard InChI is InChI=1S/C18H22F4O.C18H26O.C17H23FO.C17H24O.C3H5ClS2.C2H4O2.5CH4.BrH/c1-2-3-11-4-6-13-12(10-11)5-7-15-14(13)8-9-16(17(15)19)23-18(20,21)22;1-3-4-13-5-9-17-14(11-13)6-7-15-12-16(19-2)8-10-18(15)17;1-2-3-11-4-6-13-12(10-11)5-7-15-14(13)8-9-16(19)17(15)18;1-2-3-12-4-8-16-13(10-12)5-6-14-11-15(18)7-9-17(14)16;1-2-6-3(4)5;1-2(3)4;;;;;;/h8-9,11-13H,2-7,10H2,1H3;8,10,12-14,17H,3-7,9,11H2,1-2H3;8-9,11-13,19H,2-7,10H2,1H3;7,9,11-13,16,18H,2-6,8,10H2,1H3;2H2,1H3;1H3,(H,3,4);5*1H4;1H. The van der Waals surface area contributed by atoms with E-state index in [9.17, 15) is 32.2 Å². The Balaban J connectivity index is 0.000000593. The number of phenolic OH excluding ortho intramolecular Hbond substituents is 2. The number of benzene rings is 4. The van der Waals surface area contributed by atoms with Crippen LogP contribution in [0, 0.1) is 59.0 Å². The summed E-state index contributed by atoms with van der Waals surface area (Å²) in [4.78, 5) is 9.00. The van der Waals surface area contributed by atoms with Crippen molar-refractivity contribution in [2.75, 3.05) is 12.9 Å². The van der Waals surface area contributed by atoms with E-state index in [1.165, 1.54) is 170 Å². The van der Waals surface area contributed by atoms with E-state index in [0.717, 1.165) is 121 Å². The van der Waals surface area contributed by atoms with Gasteiger partial charge in [0.05, 0.1) is 7.11 Å². The van der Waals surface area contributed by atoms with E-state index >= 15 is 0 Å². The maximum atomic E-state index is 14.4. The predicted octanol–water partition coefficient (Wildman–Crippen LogP) is 26.4. The Morgan fingerprint density at radius 1 is 0.547 bits per heavy atom. The Morgan fingerprint density at radius 3 is 1.27 bits per heavy atom. The van der Waals surface area contributed by atoms with Crippen molar-refractivity contribution < 1.29 is 51.5 Å². The summed E-state index contributed by atoms with van der Waals surface area (Å²) < 4.78 is 75.1. The van der Waals surface area contributed by atoms with Crippen LogP contribution in [0.15, 0.2) is 60.7 Å². The van der Waals surface area contributed by atoms with Gasteiger partial charge in [0.1, 0.15) is 15.2 Å². The number of aryl methyl sites for hydroxylation is 2. The molecule has 6 nitrogen and oxygen atoms in total. The Morgan fingerprint density at radius 2 is 0.905 bits per heavy atom. The van der Waals surface area contributed by atoms with Crippen LogP contribution in [0.4, 0.5) is 22.0 Å². The number of phenols is 2. The van der Waals surface area contributed by atoms with Crippen molar-refractivity contribution >= 4 is 62.2 Å². The number of methoxy groups -OCH3 is 1. The van der Waals surface area contributed by atoms with Gasteiger partial charge in [-0.15, -0.1) is 41.9 Å². The van der Waals surface area contributed by atoms with Crippen LogP contribution in [0.3, 0.4) is 0 Å². The highest BCUT2D eigenvalue weighted by molar-refractivity contribution is 8.93. The predicted molar refractivity (Wildman–Crippen MR) is 403 cm³/mol. The average Bonchev–Trinajstić information content (AvgIpc) is 0.797. The number of carbonyl (C=O) groups is 1. The summed E-state index contributed by atoms with van der Waals surface area (Å²) in [5.74, 6) is 8.73. The third kappa shape index (κ3) is 25.5. The molecule has 0 radical (unpaired) electrons. The smallest absolute Gasteiger partial charge is 0.508 e. The van der Waals surface area contributed by atoms with Crippen molar-refractivity contribution in [3.8, 4) is 23.0 Å². The molecule has 4 saturated carbocycles. The monoisotopic (exact) mass is 1450 g/mol. The zero-order valence-electron chi connectivity index (χ0n) is 54.8. The van der Waals surface area contributed by atoms with Crippen molar-refractivity contribution in [2.45, 2.75) is 288 Å². The number of ether oxygens (including phenoxy) is 2. The molecule has 12 rings (SSSR count). The lowest BCUT2D eigenvalue weighted by Crippen LogP contribution is -2.29. The second kappa shape index (κ2) is 43.8. The van der Waals surface area contributed by atoms with Gasteiger partial charge in [-0.2, -0.15) is 0 Å². The van der Waals surface area contributed by atoms with Crippen molar-refractivity contribution in [3.63, 3.8) is 0 Å². The summed E-state index contributed by atoms with van der Waals surface area (Å²) in [5, 5.41) is 26.5. The van der Waals surface area contributed by atoms with Crippen LogP contribution in [0.1, 0.15) is 301 Å². The summed E-state index contributed by atoms with van der Waals surface area (Å²) in [6.07, 6.45) is 29.9. The summed E-state index contributed by atoms with van der Waals surface area (Å²) in [6.45, 7) is 12.2. The topological polar surface area (TPSA) is 96.2 Å². The number of thiocarbonyl (C=S) groups is 1. The number of carboxylic acids is 1. The summed E-state index contributed by atoms with van der Waals surface area (Å²) in [6, 6.07) is 19.1. The molecule has 4 aromatic carbocycles. The van der Waals surface area contributed by atoms with E-state index < -0.39 is 23.9 Å². The first-order valence-electron chi connectivity index (χ1n) is 34.3. The number of thioether (sulfide) groups is 1. The Kier molecular flexibility index (Phi) is 41.3. The summed E-state index contributed by atoms with van der Waals surface area (Å²) >= 11 is 11.3. The third-order valence-corrected chi connectivity index (χ3v) is 22.5. The molecule has 95 heavy (non-hydrogen) atoms. The number of rotatable bonds is 11. The van der Waals surface area contributed by atoms with Crippen LogP contribution in [-0.2, 0) is 30.5 Å². The lowest BCUT2D eigenvalue weighted by molar-refractivity contribution is -0.275. The molecule has 12 unspecified atom stereocenters. The molecule has 3 N–H and O–H groups in total. The highest BCUT2D eigenvalue weighted by Gasteiger charge is 2.41. The maximum Gasteiger partial charge on any atom is 0.573 e. The second-order valence-corrected chi connectivity index (χ2v) is 29.9. The molecule has 0 aliphatic heterocycles. The fourth-order valence-electron chi connectivity index (χ4n) is 17.6. The molecule has 8 aliphatic rings. The van der Waals surface area contributed by atoms with Crippen LogP contribution in [-0.4, -0.2) is 44.2 Å². The Labute approximate surface area is 598 Å². The molecule has 0 spiro atoms. The van der Waals surface area contributed by atoms with E-state index in [2.05, 4.69) is 68.9 Å². The highest BCUT2D eigenvalue weighted by atomic mass is 79.9. The molecule has 4 fully saturated rings. The van der Waals surface area contributed by atoms with E-state index in [1.54, 1.807) is 29.9 Å². The molecule has 0 amide bonds.